The number of morpholine rings is 1. The minimum absolute atomic E-state index is 0.0369. The number of hydrogen-bond donors (Lipinski definition) is 0. The van der Waals surface area contributed by atoms with E-state index in [4.69, 9.17) is 4.74 Å². The molecule has 0 N–H and O–H groups in total. The fraction of sp³-hybridized carbons (Fsp3) is 0.529. The maximum atomic E-state index is 12.5. The molecule has 2 amide bonds. The number of benzene rings is 1. The van der Waals surface area contributed by atoms with Crippen LogP contribution in [0.2, 0.25) is 0 Å². The Bertz CT molecular complexity index is 594. The Morgan fingerprint density at radius 3 is 2.59 bits per heavy atom. The van der Waals surface area contributed by atoms with Gasteiger partial charge in [-0.1, -0.05) is 6.07 Å². The van der Waals surface area contributed by atoms with Crippen LogP contribution in [0.15, 0.2) is 18.2 Å². The number of rotatable bonds is 2. The van der Waals surface area contributed by atoms with Gasteiger partial charge in [-0.05, 0) is 37.1 Å². The summed E-state index contributed by atoms with van der Waals surface area (Å²) in [6, 6.07) is 6.01. The van der Waals surface area contributed by atoms with Crippen LogP contribution in [0.1, 0.15) is 17.5 Å². The van der Waals surface area contributed by atoms with E-state index in [2.05, 4.69) is 6.92 Å². The Balaban J connectivity index is 1.72. The number of carbonyl (C=O) groups is 2. The van der Waals surface area contributed by atoms with Crippen LogP contribution in [-0.2, 0) is 14.3 Å². The van der Waals surface area contributed by atoms with Gasteiger partial charge in [0, 0.05) is 31.7 Å². The molecule has 0 aliphatic carbocycles. The van der Waals surface area contributed by atoms with E-state index in [1.54, 1.807) is 4.90 Å². The van der Waals surface area contributed by atoms with Crippen molar-refractivity contribution in [2.45, 2.75) is 20.3 Å². The monoisotopic (exact) mass is 302 g/mol. The number of carbonyl (C=O) groups excluding carboxylic acids is 2. The predicted molar refractivity (Wildman–Crippen MR) is 83.8 cm³/mol. The minimum Gasteiger partial charge on any atom is -0.378 e. The van der Waals surface area contributed by atoms with Crippen LogP contribution >= 0.6 is 0 Å². The highest BCUT2D eigenvalue weighted by Gasteiger charge is 2.37. The summed E-state index contributed by atoms with van der Waals surface area (Å²) in [5.74, 6) is -0.106. The van der Waals surface area contributed by atoms with E-state index < -0.39 is 0 Å². The van der Waals surface area contributed by atoms with Crippen LogP contribution in [0, 0.1) is 19.8 Å². The highest BCUT2D eigenvalue weighted by molar-refractivity contribution is 6.00. The summed E-state index contributed by atoms with van der Waals surface area (Å²) in [5, 5.41) is 0. The first kappa shape index (κ1) is 15.0. The Labute approximate surface area is 130 Å². The van der Waals surface area contributed by atoms with Crippen LogP contribution in [-0.4, -0.2) is 49.6 Å². The Morgan fingerprint density at radius 2 is 1.91 bits per heavy atom. The van der Waals surface area contributed by atoms with Gasteiger partial charge in [0.05, 0.1) is 19.1 Å². The van der Waals surface area contributed by atoms with Crippen molar-refractivity contribution in [1.29, 1.82) is 0 Å². The first-order valence-electron chi connectivity index (χ1n) is 7.80. The summed E-state index contributed by atoms with van der Waals surface area (Å²) < 4.78 is 5.28. The smallest absolute Gasteiger partial charge is 0.228 e. The molecule has 5 heteroatoms. The molecule has 2 aliphatic heterocycles. The Kier molecular flexibility index (Phi) is 4.16. The molecule has 118 valence electrons. The molecule has 2 saturated heterocycles. The topological polar surface area (TPSA) is 49.9 Å². The normalized spacial score (nSPS) is 22.3. The molecule has 0 unspecified atom stereocenters. The van der Waals surface area contributed by atoms with Gasteiger partial charge in [-0.15, -0.1) is 0 Å². The summed E-state index contributed by atoms with van der Waals surface area (Å²) in [6.07, 6.45) is 0.309. The molecular weight excluding hydrogens is 280 g/mol. The average Bonchev–Trinajstić information content (AvgIpc) is 2.92. The third-order valence-electron chi connectivity index (χ3n) is 4.60. The van der Waals surface area contributed by atoms with Gasteiger partial charge in [-0.2, -0.15) is 0 Å². The van der Waals surface area contributed by atoms with E-state index in [0.717, 1.165) is 11.3 Å². The molecule has 2 heterocycles. The highest BCUT2D eigenvalue weighted by atomic mass is 16.5. The van der Waals surface area contributed by atoms with Crippen LogP contribution in [0.25, 0.3) is 0 Å². The molecule has 2 fully saturated rings. The summed E-state index contributed by atoms with van der Waals surface area (Å²) in [5.41, 5.74) is 3.26. The molecule has 5 nitrogen and oxygen atoms in total. The summed E-state index contributed by atoms with van der Waals surface area (Å²) >= 11 is 0. The predicted octanol–water partition coefficient (Wildman–Crippen LogP) is 1.52. The largest absolute Gasteiger partial charge is 0.378 e. The first-order chi connectivity index (χ1) is 10.6. The lowest BCUT2D eigenvalue weighted by Gasteiger charge is -2.29. The van der Waals surface area contributed by atoms with Gasteiger partial charge in [0.2, 0.25) is 11.8 Å². The number of ether oxygens (including phenoxy) is 1. The molecule has 1 atom stereocenters. The molecule has 0 radical (unpaired) electrons. The highest BCUT2D eigenvalue weighted by Crippen LogP contribution is 2.28. The van der Waals surface area contributed by atoms with Crippen molar-refractivity contribution in [3.63, 3.8) is 0 Å². The summed E-state index contributed by atoms with van der Waals surface area (Å²) in [7, 11) is 0. The van der Waals surface area contributed by atoms with Crippen molar-refractivity contribution in [3.8, 4) is 0 Å². The van der Waals surface area contributed by atoms with Crippen LogP contribution in [0.4, 0.5) is 5.69 Å². The zero-order valence-electron chi connectivity index (χ0n) is 13.2. The lowest BCUT2D eigenvalue weighted by Crippen LogP contribution is -2.44. The molecule has 0 bridgehead atoms. The fourth-order valence-electron chi connectivity index (χ4n) is 3.06. The molecule has 0 spiro atoms. The van der Waals surface area contributed by atoms with Crippen LogP contribution in [0.5, 0.6) is 0 Å². The molecule has 3 rings (SSSR count). The molecule has 0 saturated carbocycles. The number of aryl methyl sites for hydroxylation is 2. The van der Waals surface area contributed by atoms with E-state index in [1.165, 1.54) is 5.56 Å². The van der Waals surface area contributed by atoms with Crippen molar-refractivity contribution >= 4 is 17.5 Å². The third kappa shape index (κ3) is 2.86. The van der Waals surface area contributed by atoms with E-state index in [1.807, 2.05) is 30.0 Å². The van der Waals surface area contributed by atoms with Gasteiger partial charge in [-0.3, -0.25) is 9.59 Å². The minimum atomic E-state index is -0.229. The number of hydrogen-bond acceptors (Lipinski definition) is 3. The van der Waals surface area contributed by atoms with Crippen molar-refractivity contribution in [2.75, 3.05) is 37.7 Å². The third-order valence-corrected chi connectivity index (χ3v) is 4.60. The van der Waals surface area contributed by atoms with Gasteiger partial charge in [0.1, 0.15) is 0 Å². The molecular formula is C17H22N2O3. The lowest BCUT2D eigenvalue weighted by atomic mass is 10.1. The zero-order valence-corrected chi connectivity index (χ0v) is 13.2. The summed E-state index contributed by atoms with van der Waals surface area (Å²) in [4.78, 5) is 28.4. The van der Waals surface area contributed by atoms with Crippen molar-refractivity contribution < 1.29 is 14.3 Å². The fourth-order valence-corrected chi connectivity index (χ4v) is 3.06. The van der Waals surface area contributed by atoms with E-state index >= 15 is 0 Å². The van der Waals surface area contributed by atoms with Crippen molar-refractivity contribution in [1.82, 2.24) is 4.90 Å². The standard InChI is InChI=1S/C17H22N2O3/c1-12-3-4-15(9-13(12)2)19-11-14(10-16(19)20)17(21)18-5-7-22-8-6-18/h3-4,9,14H,5-8,10-11H2,1-2H3/t14-/m1/s1. The van der Waals surface area contributed by atoms with Gasteiger partial charge >= 0.3 is 0 Å². The van der Waals surface area contributed by atoms with E-state index in [0.29, 0.717) is 39.3 Å². The van der Waals surface area contributed by atoms with Gasteiger partial charge in [-0.25, -0.2) is 0 Å². The molecule has 1 aromatic rings. The van der Waals surface area contributed by atoms with E-state index in [-0.39, 0.29) is 17.7 Å². The zero-order chi connectivity index (χ0) is 15.7. The molecule has 2 aliphatic rings. The average molecular weight is 302 g/mol. The maximum absolute atomic E-state index is 12.5. The second-order valence-corrected chi connectivity index (χ2v) is 6.11. The summed E-state index contributed by atoms with van der Waals surface area (Å²) in [6.45, 7) is 7.02. The maximum Gasteiger partial charge on any atom is 0.228 e. The molecule has 1 aromatic carbocycles. The quantitative estimate of drug-likeness (QED) is 0.832. The van der Waals surface area contributed by atoms with Gasteiger partial charge in [0.25, 0.3) is 0 Å². The number of nitrogens with zero attached hydrogens (tertiary/aromatic N) is 2. The SMILES string of the molecule is Cc1ccc(N2C[C@H](C(=O)N3CCOCC3)CC2=O)cc1C. The van der Waals surface area contributed by atoms with Gasteiger partial charge < -0.3 is 14.5 Å². The Morgan fingerprint density at radius 1 is 1.18 bits per heavy atom. The Hall–Kier alpha value is -1.88. The molecule has 22 heavy (non-hydrogen) atoms. The van der Waals surface area contributed by atoms with Gasteiger partial charge in [0.15, 0.2) is 0 Å². The second kappa shape index (κ2) is 6.08. The molecule has 0 aromatic heterocycles. The number of amides is 2. The van der Waals surface area contributed by atoms with Crippen LogP contribution < -0.4 is 4.90 Å². The van der Waals surface area contributed by atoms with Crippen molar-refractivity contribution in [3.05, 3.63) is 29.3 Å². The number of anilines is 1. The first-order valence-corrected chi connectivity index (χ1v) is 7.80. The van der Waals surface area contributed by atoms with Crippen molar-refractivity contribution in [2.24, 2.45) is 5.92 Å². The lowest BCUT2D eigenvalue weighted by molar-refractivity contribution is -0.139. The van der Waals surface area contributed by atoms with Crippen LogP contribution in [0.3, 0.4) is 0 Å². The van der Waals surface area contributed by atoms with E-state index in [9.17, 15) is 9.59 Å². The second-order valence-electron chi connectivity index (χ2n) is 6.11.